The van der Waals surface area contributed by atoms with E-state index in [1.165, 1.54) is 109 Å². The molecule has 2 heterocycles. The van der Waals surface area contributed by atoms with Crippen LogP contribution in [0.15, 0.2) is 243 Å². The molecule has 0 N–H and O–H groups in total. The SMILES string of the molecule is CC1(C)c2ccccc2-c2cc(-c3ccc4c(c3)c3ccccc3c3cc5c(cc43)c3cc(-c4ccccc4)ccc3n5-c3cc(-c4ccc5ccccc5c4)nc(-c4ccc5ccccc5c4)c3)ccc21. The summed E-state index contributed by atoms with van der Waals surface area (Å²) < 4.78 is 2.49. The summed E-state index contributed by atoms with van der Waals surface area (Å²) in [6.45, 7) is 4.71. The molecule has 0 bridgehead atoms. The highest BCUT2D eigenvalue weighted by atomic mass is 15.0. The molecule has 0 atom stereocenters. The molecule has 2 heteroatoms. The maximum atomic E-state index is 5.49. The maximum Gasteiger partial charge on any atom is 0.0730 e. The van der Waals surface area contributed by atoms with Crippen molar-refractivity contribution < 1.29 is 0 Å². The van der Waals surface area contributed by atoms with Crippen LogP contribution in [0.5, 0.6) is 0 Å². The van der Waals surface area contributed by atoms with Crippen LogP contribution in [0.2, 0.25) is 0 Å². The molecule has 72 heavy (non-hydrogen) atoms. The van der Waals surface area contributed by atoms with E-state index in [2.05, 4.69) is 261 Å². The van der Waals surface area contributed by atoms with Crippen LogP contribution in [0.1, 0.15) is 25.0 Å². The second kappa shape index (κ2) is 15.4. The molecular weight excluding hydrogens is 869 g/mol. The fraction of sp³-hybridized carbons (Fsp3) is 0.0429. The minimum Gasteiger partial charge on any atom is -0.309 e. The van der Waals surface area contributed by atoms with E-state index in [0.29, 0.717) is 0 Å². The van der Waals surface area contributed by atoms with Gasteiger partial charge in [0.05, 0.1) is 28.1 Å². The standard InChI is InChI=1S/C70H46N2/c1-70(2)64-23-13-12-22-57(64)61-37-50(29-32-65(61)70)49-28-31-56-58(36-49)54-20-10-11-21-55(54)60-42-69-63(41-59(56)60)62-38-48(43-14-4-3-5-15-43)30-33-68(62)72(69)53-39-66(51-26-24-44-16-6-8-18-46(44)34-51)71-67(40-53)52-27-25-45-17-7-9-19-47(45)35-52/h3-42H,1-2H3. The van der Waals surface area contributed by atoms with Gasteiger partial charge < -0.3 is 4.57 Å². The van der Waals surface area contributed by atoms with Crippen LogP contribution in [0.3, 0.4) is 0 Å². The molecule has 0 aliphatic heterocycles. The van der Waals surface area contributed by atoms with Crippen LogP contribution in [0, 0.1) is 0 Å². The van der Waals surface area contributed by atoms with Crippen LogP contribution in [0.4, 0.5) is 0 Å². The van der Waals surface area contributed by atoms with Crippen molar-refractivity contribution in [1.82, 2.24) is 9.55 Å². The van der Waals surface area contributed by atoms with Crippen molar-refractivity contribution in [3.63, 3.8) is 0 Å². The predicted molar refractivity (Wildman–Crippen MR) is 305 cm³/mol. The number of fused-ring (bicyclic) bond motifs is 14. The Balaban J connectivity index is 0.992. The van der Waals surface area contributed by atoms with Crippen LogP contribution >= 0.6 is 0 Å². The maximum absolute atomic E-state index is 5.49. The highest BCUT2D eigenvalue weighted by Crippen LogP contribution is 2.50. The average molecular weight is 915 g/mol. The molecule has 0 radical (unpaired) electrons. The Labute approximate surface area is 417 Å². The second-order valence-electron chi connectivity index (χ2n) is 20.3. The highest BCUT2D eigenvalue weighted by Gasteiger charge is 2.35. The van der Waals surface area contributed by atoms with E-state index in [1.54, 1.807) is 0 Å². The Kier molecular flexibility index (Phi) is 8.74. The zero-order valence-corrected chi connectivity index (χ0v) is 40.0. The average Bonchev–Trinajstić information content (AvgIpc) is 3.88. The quantitative estimate of drug-likeness (QED) is 0.157. The number of hydrogen-bond acceptors (Lipinski definition) is 1. The molecule has 12 aromatic carbocycles. The summed E-state index contributed by atoms with van der Waals surface area (Å²) in [5.74, 6) is 0. The first-order valence-corrected chi connectivity index (χ1v) is 25.1. The van der Waals surface area contributed by atoms with Gasteiger partial charge in [0.1, 0.15) is 0 Å². The molecular formula is C70H46N2. The minimum absolute atomic E-state index is 0.0320. The van der Waals surface area contributed by atoms with Gasteiger partial charge in [0, 0.05) is 27.3 Å². The van der Waals surface area contributed by atoms with Gasteiger partial charge in [-0.15, -0.1) is 0 Å². The monoisotopic (exact) mass is 914 g/mol. The number of pyridine rings is 1. The first-order chi connectivity index (χ1) is 35.4. The molecule has 0 amide bonds. The van der Waals surface area contributed by atoms with Crippen molar-refractivity contribution in [2.24, 2.45) is 0 Å². The minimum atomic E-state index is -0.0320. The van der Waals surface area contributed by atoms with Crippen molar-refractivity contribution in [3.8, 4) is 61.6 Å². The third-order valence-corrected chi connectivity index (χ3v) is 15.9. The van der Waals surface area contributed by atoms with Crippen LogP contribution in [-0.4, -0.2) is 9.55 Å². The van der Waals surface area contributed by atoms with Gasteiger partial charge in [0.15, 0.2) is 0 Å². The van der Waals surface area contributed by atoms with Crippen molar-refractivity contribution in [1.29, 1.82) is 0 Å². The summed E-state index contributed by atoms with van der Waals surface area (Å²) in [4.78, 5) is 5.49. The lowest BCUT2D eigenvalue weighted by Crippen LogP contribution is -2.14. The first-order valence-electron chi connectivity index (χ1n) is 25.1. The van der Waals surface area contributed by atoms with E-state index in [4.69, 9.17) is 4.98 Å². The van der Waals surface area contributed by atoms with Gasteiger partial charge in [-0.3, -0.25) is 0 Å². The zero-order valence-electron chi connectivity index (χ0n) is 40.0. The molecule has 14 aromatic rings. The normalized spacial score (nSPS) is 13.0. The van der Waals surface area contributed by atoms with E-state index < -0.39 is 0 Å². The van der Waals surface area contributed by atoms with E-state index in [9.17, 15) is 0 Å². The zero-order chi connectivity index (χ0) is 47.7. The van der Waals surface area contributed by atoms with Gasteiger partial charge in [-0.25, -0.2) is 4.98 Å². The van der Waals surface area contributed by atoms with Crippen LogP contribution < -0.4 is 0 Å². The summed E-state index contributed by atoms with van der Waals surface area (Å²) in [5.41, 5.74) is 17.7. The molecule has 1 aliphatic rings. The molecule has 1 aliphatic carbocycles. The Morgan fingerprint density at radius 3 is 1.51 bits per heavy atom. The van der Waals surface area contributed by atoms with Gasteiger partial charge in [-0.2, -0.15) is 0 Å². The largest absolute Gasteiger partial charge is 0.309 e. The lowest BCUT2D eigenvalue weighted by atomic mass is 9.82. The molecule has 0 saturated heterocycles. The van der Waals surface area contributed by atoms with E-state index in [0.717, 1.165) is 39.2 Å². The van der Waals surface area contributed by atoms with Gasteiger partial charge in [0.25, 0.3) is 0 Å². The number of nitrogens with zero attached hydrogens (tertiary/aromatic N) is 2. The van der Waals surface area contributed by atoms with Crippen molar-refractivity contribution in [3.05, 3.63) is 254 Å². The summed E-state index contributed by atoms with van der Waals surface area (Å²) in [7, 11) is 0. The first kappa shape index (κ1) is 40.7. The van der Waals surface area contributed by atoms with E-state index in [-0.39, 0.29) is 5.41 Å². The van der Waals surface area contributed by atoms with Crippen molar-refractivity contribution >= 4 is 75.7 Å². The van der Waals surface area contributed by atoms with E-state index >= 15 is 0 Å². The van der Waals surface area contributed by atoms with Crippen molar-refractivity contribution in [2.45, 2.75) is 19.3 Å². The summed E-state index contributed by atoms with van der Waals surface area (Å²) in [6.07, 6.45) is 0. The van der Waals surface area contributed by atoms with Gasteiger partial charge in [-0.05, 0) is 159 Å². The molecule has 15 rings (SSSR count). The van der Waals surface area contributed by atoms with Crippen LogP contribution in [-0.2, 0) is 5.41 Å². The topological polar surface area (TPSA) is 17.8 Å². The molecule has 2 aromatic heterocycles. The third-order valence-electron chi connectivity index (χ3n) is 15.9. The number of hydrogen-bond donors (Lipinski definition) is 0. The molecule has 0 spiro atoms. The van der Waals surface area contributed by atoms with Gasteiger partial charge >= 0.3 is 0 Å². The number of rotatable bonds is 5. The smallest absolute Gasteiger partial charge is 0.0730 e. The number of benzene rings is 12. The predicted octanol–water partition coefficient (Wildman–Crippen LogP) is 18.9. The Bertz CT molecular complexity index is 4490. The van der Waals surface area contributed by atoms with Gasteiger partial charge in [-0.1, -0.05) is 196 Å². The highest BCUT2D eigenvalue weighted by molar-refractivity contribution is 6.29. The summed E-state index contributed by atoms with van der Waals surface area (Å²) >= 11 is 0. The second-order valence-corrected chi connectivity index (χ2v) is 20.3. The molecule has 0 saturated carbocycles. The van der Waals surface area contributed by atoms with Crippen molar-refractivity contribution in [2.75, 3.05) is 0 Å². The molecule has 0 fully saturated rings. The fourth-order valence-corrected chi connectivity index (χ4v) is 12.3. The molecule has 336 valence electrons. The third kappa shape index (κ3) is 6.19. The van der Waals surface area contributed by atoms with E-state index in [1.807, 2.05) is 0 Å². The molecule has 2 nitrogen and oxygen atoms in total. The number of aromatic nitrogens is 2. The van der Waals surface area contributed by atoms with Crippen LogP contribution in [0.25, 0.3) is 137 Å². The Morgan fingerprint density at radius 1 is 0.292 bits per heavy atom. The summed E-state index contributed by atoms with van der Waals surface area (Å²) in [6, 6.07) is 90.1. The molecule has 0 unspecified atom stereocenters. The Morgan fingerprint density at radius 2 is 0.792 bits per heavy atom. The fourth-order valence-electron chi connectivity index (χ4n) is 12.3. The lowest BCUT2D eigenvalue weighted by molar-refractivity contribution is 0.660. The van der Waals surface area contributed by atoms with Gasteiger partial charge in [0.2, 0.25) is 0 Å². The Hall–Kier alpha value is -9.11. The summed E-state index contributed by atoms with van der Waals surface area (Å²) in [5, 5.41) is 14.7. The lowest BCUT2D eigenvalue weighted by Gasteiger charge is -2.21.